The normalized spacial score (nSPS) is 19.7. The maximum Gasteiger partial charge on any atom is 0.123 e. The first-order chi connectivity index (χ1) is 6.31. The Kier molecular flexibility index (Phi) is 2.23. The van der Waals surface area contributed by atoms with E-state index in [2.05, 4.69) is 30.4 Å². The molecule has 0 aliphatic carbocycles. The van der Waals surface area contributed by atoms with Crippen LogP contribution in [0.3, 0.4) is 0 Å². The highest BCUT2D eigenvalue weighted by Gasteiger charge is 2.19. The molecule has 0 fully saturated rings. The minimum absolute atomic E-state index is 0.554. The average molecular weight is 177 g/mol. The Hall–Kier alpha value is -1.02. The van der Waals surface area contributed by atoms with Gasteiger partial charge in [0.25, 0.3) is 0 Å². The van der Waals surface area contributed by atoms with Gasteiger partial charge in [0.05, 0.1) is 6.61 Å². The molecule has 0 bridgehead atoms. The van der Waals surface area contributed by atoms with Gasteiger partial charge in [-0.2, -0.15) is 0 Å². The van der Waals surface area contributed by atoms with Gasteiger partial charge in [0.15, 0.2) is 0 Å². The number of fused-ring (bicyclic) bond motifs is 1. The Balaban J connectivity index is 2.29. The second kappa shape index (κ2) is 3.38. The van der Waals surface area contributed by atoms with E-state index in [9.17, 15) is 0 Å². The summed E-state index contributed by atoms with van der Waals surface area (Å²) >= 11 is 0. The fourth-order valence-electron chi connectivity index (χ4n) is 1.73. The van der Waals surface area contributed by atoms with Crippen LogP contribution in [-0.4, -0.2) is 13.7 Å². The predicted molar refractivity (Wildman–Crippen MR) is 53.1 cm³/mol. The standard InChI is InChI=1S/C11H15NO/c1-8-7-13-11-5-9(6-12-2)3-4-10(8)11/h3-5,8,12H,6-7H2,1-2H3. The Labute approximate surface area is 78.9 Å². The number of nitrogens with one attached hydrogen (secondary N) is 1. The van der Waals surface area contributed by atoms with Gasteiger partial charge in [0, 0.05) is 18.0 Å². The summed E-state index contributed by atoms with van der Waals surface area (Å²) in [5, 5.41) is 3.13. The molecule has 0 radical (unpaired) electrons. The fourth-order valence-corrected chi connectivity index (χ4v) is 1.73. The molecule has 2 rings (SSSR count). The number of benzene rings is 1. The molecule has 2 nitrogen and oxygen atoms in total. The number of hydrogen-bond donors (Lipinski definition) is 1. The molecule has 1 aliphatic rings. The quantitative estimate of drug-likeness (QED) is 0.745. The van der Waals surface area contributed by atoms with E-state index in [1.54, 1.807) is 0 Å². The Morgan fingerprint density at radius 3 is 3.15 bits per heavy atom. The van der Waals surface area contributed by atoms with Crippen LogP contribution in [-0.2, 0) is 6.54 Å². The molecule has 0 spiro atoms. The molecule has 1 unspecified atom stereocenters. The van der Waals surface area contributed by atoms with Crippen LogP contribution in [0.1, 0.15) is 24.0 Å². The van der Waals surface area contributed by atoms with Gasteiger partial charge in [-0.1, -0.05) is 19.1 Å². The van der Waals surface area contributed by atoms with Gasteiger partial charge in [-0.3, -0.25) is 0 Å². The van der Waals surface area contributed by atoms with Crippen molar-refractivity contribution >= 4 is 0 Å². The van der Waals surface area contributed by atoms with E-state index < -0.39 is 0 Å². The van der Waals surface area contributed by atoms with Gasteiger partial charge in [0.1, 0.15) is 5.75 Å². The van der Waals surface area contributed by atoms with Gasteiger partial charge in [0.2, 0.25) is 0 Å². The highest BCUT2D eigenvalue weighted by Crippen LogP contribution is 2.33. The molecule has 1 heterocycles. The van der Waals surface area contributed by atoms with E-state index in [4.69, 9.17) is 4.74 Å². The van der Waals surface area contributed by atoms with Crippen molar-refractivity contribution in [3.63, 3.8) is 0 Å². The van der Waals surface area contributed by atoms with E-state index in [-0.39, 0.29) is 0 Å². The molecule has 13 heavy (non-hydrogen) atoms. The van der Waals surface area contributed by atoms with Crippen molar-refractivity contribution in [2.45, 2.75) is 19.4 Å². The molecule has 1 N–H and O–H groups in total. The summed E-state index contributed by atoms with van der Waals surface area (Å²) in [6.07, 6.45) is 0. The maximum absolute atomic E-state index is 5.57. The summed E-state index contributed by atoms with van der Waals surface area (Å²) in [6, 6.07) is 6.48. The van der Waals surface area contributed by atoms with Crippen LogP contribution in [0, 0.1) is 0 Å². The van der Waals surface area contributed by atoms with E-state index in [1.165, 1.54) is 11.1 Å². The lowest BCUT2D eigenvalue weighted by Gasteiger charge is -2.03. The van der Waals surface area contributed by atoms with E-state index >= 15 is 0 Å². The van der Waals surface area contributed by atoms with Crippen LogP contribution in [0.15, 0.2) is 18.2 Å². The molecule has 1 aromatic carbocycles. The molecule has 1 aliphatic heterocycles. The van der Waals surface area contributed by atoms with Crippen molar-refractivity contribution in [3.8, 4) is 5.75 Å². The first-order valence-electron chi connectivity index (χ1n) is 4.71. The van der Waals surface area contributed by atoms with Crippen LogP contribution in [0.4, 0.5) is 0 Å². The molecule has 70 valence electrons. The lowest BCUT2D eigenvalue weighted by atomic mass is 10.0. The van der Waals surface area contributed by atoms with Gasteiger partial charge < -0.3 is 10.1 Å². The first-order valence-corrected chi connectivity index (χ1v) is 4.71. The third-order valence-electron chi connectivity index (χ3n) is 2.48. The summed E-state index contributed by atoms with van der Waals surface area (Å²) in [4.78, 5) is 0. The van der Waals surface area contributed by atoms with Crippen LogP contribution in [0.2, 0.25) is 0 Å². The summed E-state index contributed by atoms with van der Waals surface area (Å²) in [5.74, 6) is 1.62. The Morgan fingerprint density at radius 1 is 1.54 bits per heavy atom. The third kappa shape index (κ3) is 1.54. The number of hydrogen-bond acceptors (Lipinski definition) is 2. The molecule has 0 saturated heterocycles. The molecule has 0 amide bonds. The molecule has 1 atom stereocenters. The van der Waals surface area contributed by atoms with E-state index in [1.807, 2.05) is 7.05 Å². The second-order valence-electron chi connectivity index (χ2n) is 3.61. The smallest absolute Gasteiger partial charge is 0.123 e. The van der Waals surface area contributed by atoms with Crippen molar-refractivity contribution in [1.29, 1.82) is 0 Å². The largest absolute Gasteiger partial charge is 0.493 e. The molecule has 0 aromatic heterocycles. The SMILES string of the molecule is CNCc1ccc2c(c1)OCC2C. The van der Waals surface area contributed by atoms with Crippen molar-refractivity contribution in [2.24, 2.45) is 0 Å². The summed E-state index contributed by atoms with van der Waals surface area (Å²) in [6.45, 7) is 3.94. The fraction of sp³-hybridized carbons (Fsp3) is 0.455. The molecule has 1 aromatic rings. The zero-order valence-electron chi connectivity index (χ0n) is 8.13. The highest BCUT2D eigenvalue weighted by atomic mass is 16.5. The average Bonchev–Trinajstić information content (AvgIpc) is 2.48. The van der Waals surface area contributed by atoms with E-state index in [0.717, 1.165) is 18.9 Å². The monoisotopic (exact) mass is 177 g/mol. The number of rotatable bonds is 2. The van der Waals surface area contributed by atoms with Crippen molar-refractivity contribution in [1.82, 2.24) is 5.32 Å². The minimum atomic E-state index is 0.554. The van der Waals surface area contributed by atoms with Gasteiger partial charge in [-0.15, -0.1) is 0 Å². The predicted octanol–water partition coefficient (Wildman–Crippen LogP) is 1.90. The Morgan fingerprint density at radius 2 is 2.38 bits per heavy atom. The second-order valence-corrected chi connectivity index (χ2v) is 3.61. The van der Waals surface area contributed by atoms with Crippen molar-refractivity contribution < 1.29 is 4.74 Å². The minimum Gasteiger partial charge on any atom is -0.493 e. The molecule has 0 saturated carbocycles. The topological polar surface area (TPSA) is 21.3 Å². The lowest BCUT2D eigenvalue weighted by molar-refractivity contribution is 0.337. The maximum atomic E-state index is 5.57. The lowest BCUT2D eigenvalue weighted by Crippen LogP contribution is -2.04. The van der Waals surface area contributed by atoms with Crippen LogP contribution in [0.5, 0.6) is 5.75 Å². The highest BCUT2D eigenvalue weighted by molar-refractivity contribution is 5.42. The molecule has 2 heteroatoms. The van der Waals surface area contributed by atoms with Crippen LogP contribution in [0.25, 0.3) is 0 Å². The van der Waals surface area contributed by atoms with Crippen LogP contribution < -0.4 is 10.1 Å². The Bertz CT molecular complexity index is 309. The van der Waals surface area contributed by atoms with Crippen molar-refractivity contribution in [2.75, 3.05) is 13.7 Å². The van der Waals surface area contributed by atoms with Crippen molar-refractivity contribution in [3.05, 3.63) is 29.3 Å². The zero-order chi connectivity index (χ0) is 9.26. The molecular weight excluding hydrogens is 162 g/mol. The van der Waals surface area contributed by atoms with Crippen LogP contribution >= 0.6 is 0 Å². The van der Waals surface area contributed by atoms with E-state index in [0.29, 0.717) is 5.92 Å². The summed E-state index contributed by atoms with van der Waals surface area (Å²) < 4.78 is 5.57. The zero-order valence-corrected chi connectivity index (χ0v) is 8.13. The van der Waals surface area contributed by atoms with Gasteiger partial charge >= 0.3 is 0 Å². The summed E-state index contributed by atoms with van der Waals surface area (Å²) in [7, 11) is 1.96. The molecular formula is C11H15NO. The number of ether oxygens (including phenoxy) is 1. The van der Waals surface area contributed by atoms with Gasteiger partial charge in [-0.25, -0.2) is 0 Å². The van der Waals surface area contributed by atoms with Gasteiger partial charge in [-0.05, 0) is 18.7 Å². The third-order valence-corrected chi connectivity index (χ3v) is 2.48. The summed E-state index contributed by atoms with van der Waals surface area (Å²) in [5.41, 5.74) is 2.63. The first kappa shape index (κ1) is 8.57.